The summed E-state index contributed by atoms with van der Waals surface area (Å²) in [5.74, 6) is -0.153. The lowest BCUT2D eigenvalue weighted by molar-refractivity contribution is 0.102. The summed E-state index contributed by atoms with van der Waals surface area (Å²) in [7, 11) is -2.18. The summed E-state index contributed by atoms with van der Waals surface area (Å²) in [4.78, 5) is 12.7. The normalized spacial score (nSPS) is 14.9. The highest BCUT2D eigenvalue weighted by Crippen LogP contribution is 2.31. The van der Waals surface area contributed by atoms with Crippen LogP contribution in [0.1, 0.15) is 23.2 Å². The van der Waals surface area contributed by atoms with E-state index in [1.807, 2.05) is 0 Å². The number of carbonyl (C=O) groups excluding carboxylic acids is 1. The summed E-state index contributed by atoms with van der Waals surface area (Å²) in [5.41, 5.74) is 0.463. The molecular weight excluding hydrogens is 411 g/mol. The molecule has 0 radical (unpaired) electrons. The summed E-state index contributed by atoms with van der Waals surface area (Å²) in [6.07, 6.45) is 1.68. The van der Waals surface area contributed by atoms with Gasteiger partial charge >= 0.3 is 0 Å². The number of methoxy groups -OCH3 is 1. The van der Waals surface area contributed by atoms with E-state index >= 15 is 0 Å². The number of amides is 1. The minimum atomic E-state index is -3.62. The van der Waals surface area contributed by atoms with E-state index in [4.69, 9.17) is 27.9 Å². The molecule has 3 rings (SSSR count). The number of benzene rings is 2. The number of rotatable bonds is 5. The Bertz CT molecular complexity index is 973. The first kappa shape index (κ1) is 19.9. The highest BCUT2D eigenvalue weighted by atomic mass is 35.5. The van der Waals surface area contributed by atoms with Crippen LogP contribution in [0.15, 0.2) is 41.3 Å². The molecule has 1 N–H and O–H groups in total. The van der Waals surface area contributed by atoms with Crippen LogP contribution >= 0.6 is 23.2 Å². The Balaban J connectivity index is 1.93. The van der Waals surface area contributed by atoms with Crippen LogP contribution in [0.4, 0.5) is 5.69 Å². The Morgan fingerprint density at radius 1 is 1.11 bits per heavy atom. The van der Waals surface area contributed by atoms with Gasteiger partial charge in [-0.2, -0.15) is 4.31 Å². The number of sulfonamides is 1. The topological polar surface area (TPSA) is 75.7 Å². The fourth-order valence-electron chi connectivity index (χ4n) is 2.89. The predicted molar refractivity (Wildman–Crippen MR) is 105 cm³/mol. The highest BCUT2D eigenvalue weighted by molar-refractivity contribution is 7.89. The molecule has 1 fully saturated rings. The van der Waals surface area contributed by atoms with E-state index in [1.54, 1.807) is 6.07 Å². The third kappa shape index (κ3) is 4.21. The number of halogens is 2. The Morgan fingerprint density at radius 3 is 2.44 bits per heavy atom. The number of carbonyl (C=O) groups is 1. The van der Waals surface area contributed by atoms with Crippen LogP contribution in [0.5, 0.6) is 5.75 Å². The molecule has 0 aromatic heterocycles. The second-order valence-electron chi connectivity index (χ2n) is 6.05. The van der Waals surface area contributed by atoms with Crippen molar-refractivity contribution in [2.24, 2.45) is 0 Å². The molecule has 0 bridgehead atoms. The van der Waals surface area contributed by atoms with Crippen molar-refractivity contribution in [3.8, 4) is 5.75 Å². The second kappa shape index (κ2) is 8.06. The number of ether oxygens (including phenoxy) is 1. The average Bonchev–Trinajstić information content (AvgIpc) is 3.17. The van der Waals surface area contributed by atoms with Gasteiger partial charge in [-0.05, 0) is 49.2 Å². The molecule has 0 unspecified atom stereocenters. The second-order valence-corrected chi connectivity index (χ2v) is 8.83. The van der Waals surface area contributed by atoms with Gasteiger partial charge in [0.15, 0.2) is 0 Å². The largest absolute Gasteiger partial charge is 0.495 e. The molecule has 1 amide bonds. The lowest BCUT2D eigenvalue weighted by Gasteiger charge is -2.17. The highest BCUT2D eigenvalue weighted by Gasteiger charge is 2.28. The molecule has 9 heteroatoms. The summed E-state index contributed by atoms with van der Waals surface area (Å²) in [6, 6.07) is 8.89. The first-order valence-corrected chi connectivity index (χ1v) is 10.5. The van der Waals surface area contributed by atoms with E-state index in [1.165, 1.54) is 41.7 Å². The predicted octanol–water partition coefficient (Wildman–Crippen LogP) is 4.04. The van der Waals surface area contributed by atoms with Crippen LogP contribution in [0.3, 0.4) is 0 Å². The standard InChI is InChI=1S/C18H18Cl2N2O4S/c1-26-17-7-5-13(27(24,25)22-8-2-3-9-22)11-16(17)21-18(23)14-6-4-12(19)10-15(14)20/h4-7,10-11H,2-3,8-9H2,1H3,(H,21,23). The zero-order valence-corrected chi connectivity index (χ0v) is 16.9. The SMILES string of the molecule is COc1ccc(S(=O)(=O)N2CCCC2)cc1NC(=O)c1ccc(Cl)cc1Cl. The Morgan fingerprint density at radius 2 is 1.81 bits per heavy atom. The molecule has 0 saturated carbocycles. The fourth-order valence-corrected chi connectivity index (χ4v) is 4.92. The summed E-state index contributed by atoms with van der Waals surface area (Å²) in [5, 5.41) is 3.27. The Hall–Kier alpha value is -1.80. The van der Waals surface area contributed by atoms with Crippen LogP contribution in [0.2, 0.25) is 10.0 Å². The maximum Gasteiger partial charge on any atom is 0.257 e. The molecule has 6 nitrogen and oxygen atoms in total. The maximum atomic E-state index is 12.8. The summed E-state index contributed by atoms with van der Waals surface area (Å²) < 4.78 is 32.2. The van der Waals surface area contributed by atoms with Gasteiger partial charge in [0.2, 0.25) is 10.0 Å². The average molecular weight is 429 g/mol. The van der Waals surface area contributed by atoms with Gasteiger partial charge in [0.25, 0.3) is 5.91 Å². The van der Waals surface area contributed by atoms with Crippen LogP contribution in [-0.2, 0) is 10.0 Å². The molecule has 0 aliphatic carbocycles. The van der Waals surface area contributed by atoms with Crippen molar-refractivity contribution in [2.75, 3.05) is 25.5 Å². The van der Waals surface area contributed by atoms with Crippen molar-refractivity contribution in [1.29, 1.82) is 0 Å². The quantitative estimate of drug-likeness (QED) is 0.779. The maximum absolute atomic E-state index is 12.8. The van der Waals surface area contributed by atoms with Crippen molar-refractivity contribution in [2.45, 2.75) is 17.7 Å². The van der Waals surface area contributed by atoms with E-state index in [2.05, 4.69) is 5.32 Å². The monoisotopic (exact) mass is 428 g/mol. The van der Waals surface area contributed by atoms with Crippen molar-refractivity contribution in [1.82, 2.24) is 4.31 Å². The van der Waals surface area contributed by atoms with Gasteiger partial charge in [-0.3, -0.25) is 4.79 Å². The molecule has 27 heavy (non-hydrogen) atoms. The molecule has 144 valence electrons. The zero-order chi connectivity index (χ0) is 19.6. The number of hydrogen-bond acceptors (Lipinski definition) is 4. The third-order valence-corrected chi connectivity index (χ3v) is 6.74. The molecule has 0 spiro atoms. The smallest absolute Gasteiger partial charge is 0.257 e. The lowest BCUT2D eigenvalue weighted by atomic mass is 10.2. The first-order valence-electron chi connectivity index (χ1n) is 8.27. The van der Waals surface area contributed by atoms with Gasteiger partial charge in [-0.25, -0.2) is 8.42 Å². The number of anilines is 1. The molecule has 0 atom stereocenters. The number of hydrogen-bond donors (Lipinski definition) is 1. The third-order valence-electron chi connectivity index (χ3n) is 4.30. The van der Waals surface area contributed by atoms with Crippen molar-refractivity contribution in [3.63, 3.8) is 0 Å². The Labute approximate surface area is 168 Å². The molecule has 1 saturated heterocycles. The van der Waals surface area contributed by atoms with Crippen LogP contribution < -0.4 is 10.1 Å². The van der Waals surface area contributed by atoms with E-state index in [-0.39, 0.29) is 21.2 Å². The van der Waals surface area contributed by atoms with Gasteiger partial charge in [0.1, 0.15) is 5.75 Å². The number of nitrogens with zero attached hydrogens (tertiary/aromatic N) is 1. The fraction of sp³-hybridized carbons (Fsp3) is 0.278. The zero-order valence-electron chi connectivity index (χ0n) is 14.5. The van der Waals surface area contributed by atoms with Gasteiger partial charge in [-0.15, -0.1) is 0 Å². The van der Waals surface area contributed by atoms with Crippen LogP contribution in [0.25, 0.3) is 0 Å². The molecule has 1 aliphatic heterocycles. The molecule has 2 aromatic rings. The van der Waals surface area contributed by atoms with Crippen molar-refractivity contribution >= 4 is 44.8 Å². The van der Waals surface area contributed by atoms with Crippen molar-refractivity contribution in [3.05, 3.63) is 52.0 Å². The lowest BCUT2D eigenvalue weighted by Crippen LogP contribution is -2.28. The minimum Gasteiger partial charge on any atom is -0.495 e. The van der Waals surface area contributed by atoms with Crippen LogP contribution in [0, 0.1) is 0 Å². The molecule has 1 aliphatic rings. The first-order chi connectivity index (χ1) is 12.8. The summed E-state index contributed by atoms with van der Waals surface area (Å²) >= 11 is 11.9. The van der Waals surface area contributed by atoms with Gasteiger partial charge in [0.05, 0.1) is 28.3 Å². The van der Waals surface area contributed by atoms with E-state index in [0.29, 0.717) is 23.9 Å². The van der Waals surface area contributed by atoms with Gasteiger partial charge in [0, 0.05) is 18.1 Å². The number of nitrogens with one attached hydrogen (secondary N) is 1. The van der Waals surface area contributed by atoms with Crippen LogP contribution in [-0.4, -0.2) is 38.8 Å². The molecule has 2 aromatic carbocycles. The van der Waals surface area contributed by atoms with Gasteiger partial charge < -0.3 is 10.1 Å². The van der Waals surface area contributed by atoms with Crippen molar-refractivity contribution < 1.29 is 17.9 Å². The van der Waals surface area contributed by atoms with E-state index in [9.17, 15) is 13.2 Å². The Kier molecular flexibility index (Phi) is 5.95. The molecular formula is C18H18Cl2N2O4S. The summed E-state index contributed by atoms with van der Waals surface area (Å²) in [6.45, 7) is 0.993. The van der Waals surface area contributed by atoms with Gasteiger partial charge in [-0.1, -0.05) is 23.2 Å². The minimum absolute atomic E-state index is 0.0997. The van der Waals surface area contributed by atoms with E-state index < -0.39 is 15.9 Å². The molecule has 1 heterocycles. The van der Waals surface area contributed by atoms with E-state index in [0.717, 1.165) is 12.8 Å².